The molecule has 0 bridgehead atoms. The van der Waals surface area contributed by atoms with Crippen molar-refractivity contribution in [2.75, 3.05) is 12.4 Å². The lowest BCUT2D eigenvalue weighted by molar-refractivity contribution is -0.263. The van der Waals surface area contributed by atoms with Crippen LogP contribution in [-0.2, 0) is 17.6 Å². The number of para-hydroxylation sites is 1. The van der Waals surface area contributed by atoms with Crippen LogP contribution in [0.15, 0.2) is 24.3 Å². The lowest BCUT2D eigenvalue weighted by Crippen LogP contribution is -2.24. The summed E-state index contributed by atoms with van der Waals surface area (Å²) in [7, 11) is 0. The molecule has 17 heavy (non-hydrogen) atoms. The molecule has 7 heteroatoms. The molecule has 0 aliphatic heterocycles. The fourth-order valence-corrected chi connectivity index (χ4v) is 1.50. The topological polar surface area (TPSA) is 66.6 Å². The van der Waals surface area contributed by atoms with Crippen molar-refractivity contribution in [2.24, 2.45) is 0 Å². The SMILES string of the molecule is O=C(OC(CO)CS)c1ccccc1[N+](=O)[S-]. The number of benzene rings is 1. The summed E-state index contributed by atoms with van der Waals surface area (Å²) < 4.78 is 5.12. The minimum absolute atomic E-state index is 0.0448. The van der Waals surface area contributed by atoms with Gasteiger partial charge in [0, 0.05) is 16.7 Å². The van der Waals surface area contributed by atoms with Gasteiger partial charge in [-0.3, -0.25) is 0 Å². The molecule has 0 saturated heterocycles. The Hall–Kier alpha value is -1.18. The molecule has 0 fully saturated rings. The Labute approximate surface area is 109 Å². The molecule has 0 aromatic heterocycles. The minimum Gasteiger partial charge on any atom is -0.455 e. The highest BCUT2D eigenvalue weighted by molar-refractivity contribution is 7.80. The zero-order valence-electron chi connectivity index (χ0n) is 8.78. The number of aliphatic hydroxyl groups excluding tert-OH is 1. The van der Waals surface area contributed by atoms with Gasteiger partial charge in [0.05, 0.1) is 6.61 Å². The van der Waals surface area contributed by atoms with Crippen LogP contribution >= 0.6 is 12.6 Å². The lowest BCUT2D eigenvalue weighted by Gasteiger charge is -2.12. The molecule has 0 aliphatic carbocycles. The van der Waals surface area contributed by atoms with Crippen molar-refractivity contribution in [3.63, 3.8) is 0 Å². The number of hydrogen-bond acceptors (Lipinski definition) is 6. The van der Waals surface area contributed by atoms with Gasteiger partial charge in [-0.25, -0.2) is 4.79 Å². The van der Waals surface area contributed by atoms with Crippen LogP contribution in [0.2, 0.25) is 0 Å². The number of thiol groups is 1. The van der Waals surface area contributed by atoms with E-state index in [4.69, 9.17) is 9.84 Å². The second kappa shape index (κ2) is 6.53. The van der Waals surface area contributed by atoms with Gasteiger partial charge in [0.15, 0.2) is 0 Å². The predicted octanol–water partition coefficient (Wildman–Crippen LogP) is 1.01. The van der Waals surface area contributed by atoms with Crippen molar-refractivity contribution in [3.05, 3.63) is 34.7 Å². The Balaban J connectivity index is 2.92. The summed E-state index contributed by atoms with van der Waals surface area (Å²) in [5, 5.41) is 8.88. The molecule has 1 aromatic carbocycles. The zero-order valence-corrected chi connectivity index (χ0v) is 10.5. The average Bonchev–Trinajstić information content (AvgIpc) is 2.35. The largest absolute Gasteiger partial charge is 0.455 e. The standard InChI is InChI=1S/C10H11NO4S2/c12-5-7(6-16)15-10(13)8-3-1-2-4-9(8)11(14)17/h1-4,7,12,16H,5-6H2. The fourth-order valence-electron chi connectivity index (χ4n) is 1.15. The van der Waals surface area contributed by atoms with Crippen LogP contribution in [0.1, 0.15) is 10.4 Å². The minimum atomic E-state index is -0.709. The molecular weight excluding hydrogens is 262 g/mol. The Morgan fingerprint density at radius 1 is 1.53 bits per heavy atom. The van der Waals surface area contributed by atoms with Crippen LogP contribution in [0.5, 0.6) is 0 Å². The third-order valence-corrected chi connectivity index (χ3v) is 2.61. The summed E-state index contributed by atoms with van der Waals surface area (Å²) in [6.07, 6.45) is -0.705. The van der Waals surface area contributed by atoms with E-state index in [-0.39, 0.29) is 27.8 Å². The van der Waals surface area contributed by atoms with E-state index in [9.17, 15) is 9.70 Å². The first-order valence-corrected chi connectivity index (χ1v) is 5.76. The monoisotopic (exact) mass is 273 g/mol. The molecule has 0 amide bonds. The summed E-state index contributed by atoms with van der Waals surface area (Å²) in [6.45, 7) is -0.327. The summed E-state index contributed by atoms with van der Waals surface area (Å²) in [5.41, 5.74) is 0.112. The summed E-state index contributed by atoms with van der Waals surface area (Å²) in [5.74, 6) is -0.515. The number of aliphatic hydroxyl groups is 1. The number of ether oxygens (including phenoxy) is 1. The second-order valence-electron chi connectivity index (χ2n) is 3.17. The molecule has 92 valence electrons. The van der Waals surface area contributed by atoms with Crippen molar-refractivity contribution in [3.8, 4) is 0 Å². The lowest BCUT2D eigenvalue weighted by atomic mass is 10.2. The molecule has 0 spiro atoms. The maximum atomic E-state index is 11.7. The van der Waals surface area contributed by atoms with Crippen LogP contribution in [0.25, 0.3) is 0 Å². The molecule has 1 rings (SSSR count). The van der Waals surface area contributed by atoms with E-state index in [1.807, 2.05) is 0 Å². The number of hydrogen-bond donors (Lipinski definition) is 2. The number of nitroso groups, excluding NO2 is 1. The van der Waals surface area contributed by atoms with Gasteiger partial charge in [-0.2, -0.15) is 12.6 Å². The Morgan fingerprint density at radius 2 is 2.18 bits per heavy atom. The number of nitrogens with zero attached hydrogens (tertiary/aromatic N) is 1. The molecule has 0 heterocycles. The Bertz CT molecular complexity index is 421. The van der Waals surface area contributed by atoms with Gasteiger partial charge in [0.25, 0.3) is 5.69 Å². The van der Waals surface area contributed by atoms with Gasteiger partial charge in [-0.1, -0.05) is 16.3 Å². The molecule has 1 aromatic rings. The van der Waals surface area contributed by atoms with E-state index >= 15 is 0 Å². The number of carbonyl (C=O) groups is 1. The van der Waals surface area contributed by atoms with Crippen LogP contribution in [-0.4, -0.2) is 33.7 Å². The van der Waals surface area contributed by atoms with Crippen LogP contribution < -0.4 is 0 Å². The molecule has 0 saturated carbocycles. The quantitative estimate of drug-likeness (QED) is 0.363. The van der Waals surface area contributed by atoms with Crippen molar-refractivity contribution >= 4 is 37.1 Å². The van der Waals surface area contributed by atoms with Crippen LogP contribution in [0.3, 0.4) is 0 Å². The second-order valence-corrected chi connectivity index (χ2v) is 3.86. The third-order valence-electron chi connectivity index (χ3n) is 2.00. The van der Waals surface area contributed by atoms with Gasteiger partial charge in [0.1, 0.15) is 11.7 Å². The third kappa shape index (κ3) is 3.65. The number of carbonyl (C=O) groups excluding carboxylic acids is 1. The van der Waals surface area contributed by atoms with E-state index in [0.717, 1.165) is 0 Å². The smallest absolute Gasteiger partial charge is 0.345 e. The van der Waals surface area contributed by atoms with Crippen molar-refractivity contribution in [1.82, 2.24) is 0 Å². The van der Waals surface area contributed by atoms with Gasteiger partial charge in [0.2, 0.25) is 0 Å². The predicted molar refractivity (Wildman–Crippen MR) is 67.2 cm³/mol. The first-order chi connectivity index (χ1) is 8.10. The highest BCUT2D eigenvalue weighted by Gasteiger charge is 2.21. The van der Waals surface area contributed by atoms with E-state index in [2.05, 4.69) is 25.4 Å². The highest BCUT2D eigenvalue weighted by Crippen LogP contribution is 2.19. The van der Waals surface area contributed by atoms with E-state index in [0.29, 0.717) is 0 Å². The van der Waals surface area contributed by atoms with Crippen molar-refractivity contribution in [1.29, 1.82) is 0 Å². The molecule has 0 radical (unpaired) electrons. The van der Waals surface area contributed by atoms with Crippen LogP contribution in [0.4, 0.5) is 5.69 Å². The summed E-state index contributed by atoms with van der Waals surface area (Å²) in [4.78, 5) is 22.8. The summed E-state index contributed by atoms with van der Waals surface area (Å²) in [6, 6.07) is 6.03. The first kappa shape index (κ1) is 13.9. The summed E-state index contributed by atoms with van der Waals surface area (Å²) >= 11 is 8.35. The van der Waals surface area contributed by atoms with Crippen LogP contribution in [0, 0.1) is 4.91 Å². The maximum absolute atomic E-state index is 11.7. The molecular formula is C10H11NO4S2. The molecule has 1 unspecified atom stereocenters. The van der Waals surface area contributed by atoms with E-state index < -0.39 is 12.1 Å². The normalized spacial score (nSPS) is 11.9. The highest BCUT2D eigenvalue weighted by atomic mass is 32.1. The average molecular weight is 273 g/mol. The first-order valence-electron chi connectivity index (χ1n) is 4.76. The molecule has 5 nitrogen and oxygen atoms in total. The Kier molecular flexibility index (Phi) is 5.33. The molecule has 0 aliphatic rings. The van der Waals surface area contributed by atoms with Crippen molar-refractivity contribution < 1.29 is 18.8 Å². The van der Waals surface area contributed by atoms with E-state index in [1.54, 1.807) is 12.1 Å². The zero-order chi connectivity index (χ0) is 12.8. The van der Waals surface area contributed by atoms with Gasteiger partial charge < -0.3 is 22.7 Å². The molecule has 1 atom stereocenters. The number of rotatable bonds is 5. The Morgan fingerprint density at radius 3 is 2.71 bits per heavy atom. The van der Waals surface area contributed by atoms with Gasteiger partial charge in [-0.15, -0.1) is 0 Å². The fraction of sp³-hybridized carbons (Fsp3) is 0.300. The van der Waals surface area contributed by atoms with Gasteiger partial charge >= 0.3 is 5.97 Å². The van der Waals surface area contributed by atoms with Gasteiger partial charge in [-0.05, 0) is 6.07 Å². The van der Waals surface area contributed by atoms with Crippen molar-refractivity contribution in [2.45, 2.75) is 6.10 Å². The maximum Gasteiger partial charge on any atom is 0.345 e. The number of esters is 1. The van der Waals surface area contributed by atoms with E-state index in [1.165, 1.54) is 12.1 Å². The molecule has 1 N–H and O–H groups in total.